The molecule has 1 aromatic carbocycles. The van der Waals surface area contributed by atoms with Crippen LogP contribution in [0.2, 0.25) is 0 Å². The molecule has 2 aliphatic rings. The zero-order valence-corrected chi connectivity index (χ0v) is 17.1. The zero-order chi connectivity index (χ0) is 20.1. The Labute approximate surface area is 172 Å². The number of methoxy groups -OCH3 is 1. The van der Waals surface area contributed by atoms with Crippen LogP contribution in [0.25, 0.3) is 0 Å². The Bertz CT molecular complexity index is 827. The van der Waals surface area contributed by atoms with Gasteiger partial charge in [0.25, 0.3) is 5.91 Å². The molecule has 1 amide bonds. The molecule has 4 rings (SSSR count). The van der Waals surface area contributed by atoms with Gasteiger partial charge in [-0.15, -0.1) is 0 Å². The molecule has 3 heterocycles. The molecular weight excluding hydrogens is 366 g/mol. The summed E-state index contributed by atoms with van der Waals surface area (Å²) >= 11 is 0. The Morgan fingerprint density at radius 1 is 0.897 bits per heavy atom. The molecule has 0 saturated carbocycles. The van der Waals surface area contributed by atoms with Crippen LogP contribution in [0.3, 0.4) is 0 Å². The predicted octanol–water partition coefficient (Wildman–Crippen LogP) is 2.83. The second-order valence-electron chi connectivity index (χ2n) is 7.61. The second-order valence-corrected chi connectivity index (χ2v) is 7.61. The minimum Gasteiger partial charge on any atom is -0.495 e. The number of hydrogen-bond acceptors (Lipinski definition) is 6. The van der Waals surface area contributed by atoms with Gasteiger partial charge in [0.1, 0.15) is 23.6 Å². The number of nitrogens with zero attached hydrogens (tertiary/aromatic N) is 5. The number of carbonyl (C=O) groups excluding carboxylic acids is 1. The summed E-state index contributed by atoms with van der Waals surface area (Å²) in [6, 6.07) is 9.88. The second kappa shape index (κ2) is 9.11. The van der Waals surface area contributed by atoms with E-state index in [9.17, 15) is 4.79 Å². The Morgan fingerprint density at radius 3 is 2.34 bits per heavy atom. The van der Waals surface area contributed by atoms with Gasteiger partial charge in [-0.2, -0.15) is 0 Å². The summed E-state index contributed by atoms with van der Waals surface area (Å²) in [6.45, 7) is 4.89. The first-order valence-corrected chi connectivity index (χ1v) is 10.5. The molecule has 0 atom stereocenters. The molecule has 2 saturated heterocycles. The molecule has 2 aromatic rings. The maximum absolute atomic E-state index is 13.0. The van der Waals surface area contributed by atoms with Gasteiger partial charge in [0.15, 0.2) is 0 Å². The van der Waals surface area contributed by atoms with Crippen molar-refractivity contribution in [3.63, 3.8) is 0 Å². The van der Waals surface area contributed by atoms with Gasteiger partial charge in [-0.3, -0.25) is 4.79 Å². The first-order valence-electron chi connectivity index (χ1n) is 10.5. The first kappa shape index (κ1) is 19.5. The van der Waals surface area contributed by atoms with E-state index in [0.717, 1.165) is 43.4 Å². The van der Waals surface area contributed by atoms with Gasteiger partial charge in [-0.25, -0.2) is 9.97 Å². The van der Waals surface area contributed by atoms with Crippen molar-refractivity contribution < 1.29 is 9.53 Å². The van der Waals surface area contributed by atoms with Gasteiger partial charge in [0.05, 0.1) is 12.8 Å². The average Bonchev–Trinajstić information content (AvgIpc) is 3.08. The van der Waals surface area contributed by atoms with Crippen LogP contribution in [-0.4, -0.2) is 67.2 Å². The monoisotopic (exact) mass is 395 g/mol. The third kappa shape index (κ3) is 4.44. The Balaban J connectivity index is 1.41. The van der Waals surface area contributed by atoms with E-state index in [2.05, 4.69) is 25.8 Å². The van der Waals surface area contributed by atoms with Gasteiger partial charge >= 0.3 is 0 Å². The minimum absolute atomic E-state index is 0.0110. The van der Waals surface area contributed by atoms with Crippen LogP contribution in [0.4, 0.5) is 11.5 Å². The van der Waals surface area contributed by atoms with Crippen LogP contribution in [0.1, 0.15) is 36.2 Å². The van der Waals surface area contributed by atoms with Crippen LogP contribution >= 0.6 is 0 Å². The summed E-state index contributed by atoms with van der Waals surface area (Å²) in [6.07, 6.45) is 6.42. The molecule has 0 spiro atoms. The molecule has 0 unspecified atom stereocenters. The summed E-state index contributed by atoms with van der Waals surface area (Å²) < 4.78 is 5.48. The SMILES string of the molecule is COc1ccccc1N1CCN(C(=O)c2cc(N3CCCCCC3)ncn2)CC1. The number of anilines is 2. The van der Waals surface area contributed by atoms with Crippen molar-refractivity contribution in [2.24, 2.45) is 0 Å². The highest BCUT2D eigenvalue weighted by Crippen LogP contribution is 2.28. The molecule has 0 N–H and O–H groups in total. The maximum atomic E-state index is 13.0. The number of hydrogen-bond donors (Lipinski definition) is 0. The van der Waals surface area contributed by atoms with Crippen molar-refractivity contribution in [2.45, 2.75) is 25.7 Å². The van der Waals surface area contributed by atoms with Crippen molar-refractivity contribution >= 4 is 17.4 Å². The molecule has 7 heteroatoms. The number of aromatic nitrogens is 2. The van der Waals surface area contributed by atoms with E-state index in [1.165, 1.54) is 32.0 Å². The lowest BCUT2D eigenvalue weighted by atomic mass is 10.2. The number of ether oxygens (including phenoxy) is 1. The molecule has 0 aliphatic carbocycles. The Hall–Kier alpha value is -2.83. The molecule has 29 heavy (non-hydrogen) atoms. The van der Waals surface area contributed by atoms with E-state index in [4.69, 9.17) is 4.74 Å². The highest BCUT2D eigenvalue weighted by Gasteiger charge is 2.25. The van der Waals surface area contributed by atoms with Gasteiger partial charge < -0.3 is 19.4 Å². The van der Waals surface area contributed by atoms with Crippen LogP contribution < -0.4 is 14.5 Å². The largest absolute Gasteiger partial charge is 0.495 e. The third-order valence-corrected chi connectivity index (χ3v) is 5.79. The predicted molar refractivity (Wildman–Crippen MR) is 114 cm³/mol. The van der Waals surface area contributed by atoms with E-state index in [-0.39, 0.29) is 5.91 Å². The van der Waals surface area contributed by atoms with Crippen molar-refractivity contribution in [1.82, 2.24) is 14.9 Å². The highest BCUT2D eigenvalue weighted by molar-refractivity contribution is 5.93. The van der Waals surface area contributed by atoms with Crippen LogP contribution in [0.5, 0.6) is 5.75 Å². The average molecular weight is 396 g/mol. The van der Waals surface area contributed by atoms with Crippen LogP contribution in [0.15, 0.2) is 36.7 Å². The lowest BCUT2D eigenvalue weighted by Gasteiger charge is -2.36. The third-order valence-electron chi connectivity index (χ3n) is 5.79. The van der Waals surface area contributed by atoms with Crippen molar-refractivity contribution in [3.05, 3.63) is 42.4 Å². The van der Waals surface area contributed by atoms with Gasteiger partial charge in [0, 0.05) is 45.3 Å². The summed E-state index contributed by atoms with van der Waals surface area (Å²) in [5.74, 6) is 1.73. The summed E-state index contributed by atoms with van der Waals surface area (Å²) in [5, 5.41) is 0. The Kier molecular flexibility index (Phi) is 6.12. The molecule has 0 radical (unpaired) electrons. The molecule has 2 fully saturated rings. The number of para-hydroxylation sites is 2. The lowest BCUT2D eigenvalue weighted by Crippen LogP contribution is -2.49. The van der Waals surface area contributed by atoms with Crippen LogP contribution in [-0.2, 0) is 0 Å². The number of benzene rings is 1. The summed E-state index contributed by atoms with van der Waals surface area (Å²) in [7, 11) is 1.69. The van der Waals surface area contributed by atoms with Crippen molar-refractivity contribution in [3.8, 4) is 5.75 Å². The highest BCUT2D eigenvalue weighted by atomic mass is 16.5. The fraction of sp³-hybridized carbons (Fsp3) is 0.500. The topological polar surface area (TPSA) is 61.8 Å². The minimum atomic E-state index is -0.0110. The summed E-state index contributed by atoms with van der Waals surface area (Å²) in [5.41, 5.74) is 1.57. The fourth-order valence-corrected chi connectivity index (χ4v) is 4.14. The van der Waals surface area contributed by atoms with E-state index in [1.807, 2.05) is 29.2 Å². The quantitative estimate of drug-likeness (QED) is 0.793. The normalized spacial score (nSPS) is 17.8. The Morgan fingerprint density at radius 2 is 1.62 bits per heavy atom. The van der Waals surface area contributed by atoms with Crippen molar-refractivity contribution in [1.29, 1.82) is 0 Å². The molecule has 2 aliphatic heterocycles. The molecular formula is C22H29N5O2. The van der Waals surface area contributed by atoms with E-state index < -0.39 is 0 Å². The van der Waals surface area contributed by atoms with Gasteiger partial charge in [0.2, 0.25) is 0 Å². The fourth-order valence-electron chi connectivity index (χ4n) is 4.14. The number of piperazine rings is 1. The van der Waals surface area contributed by atoms with Gasteiger partial charge in [-0.05, 0) is 25.0 Å². The van der Waals surface area contributed by atoms with E-state index in [1.54, 1.807) is 7.11 Å². The number of amides is 1. The smallest absolute Gasteiger partial charge is 0.272 e. The molecule has 1 aromatic heterocycles. The van der Waals surface area contributed by atoms with E-state index in [0.29, 0.717) is 18.8 Å². The molecule has 0 bridgehead atoms. The number of carbonyl (C=O) groups is 1. The summed E-state index contributed by atoms with van der Waals surface area (Å²) in [4.78, 5) is 28.2. The lowest BCUT2D eigenvalue weighted by molar-refractivity contribution is 0.0740. The zero-order valence-electron chi connectivity index (χ0n) is 17.1. The van der Waals surface area contributed by atoms with Gasteiger partial charge in [-0.1, -0.05) is 25.0 Å². The van der Waals surface area contributed by atoms with Crippen LogP contribution in [0, 0.1) is 0 Å². The standard InChI is InChI=1S/C22H29N5O2/c1-29-20-9-5-4-8-19(20)25-12-14-27(15-13-25)22(28)18-16-21(24-17-23-18)26-10-6-2-3-7-11-26/h4-5,8-9,16-17H,2-3,6-7,10-15H2,1H3. The van der Waals surface area contributed by atoms with E-state index >= 15 is 0 Å². The number of rotatable bonds is 4. The molecule has 154 valence electrons. The van der Waals surface area contributed by atoms with Crippen molar-refractivity contribution in [2.75, 3.05) is 56.2 Å². The maximum Gasteiger partial charge on any atom is 0.272 e. The first-order chi connectivity index (χ1) is 14.3. The molecule has 7 nitrogen and oxygen atoms in total.